The number of carbonyl (C=O) groups is 1. The van der Waals surface area contributed by atoms with Crippen molar-refractivity contribution >= 4 is 21.6 Å². The van der Waals surface area contributed by atoms with Gasteiger partial charge < -0.3 is 4.90 Å². The van der Waals surface area contributed by atoms with E-state index in [1.54, 1.807) is 23.1 Å². The highest BCUT2D eigenvalue weighted by atomic mass is 32.2. The molecule has 0 aromatic heterocycles. The summed E-state index contributed by atoms with van der Waals surface area (Å²) in [7, 11) is -3.69. The van der Waals surface area contributed by atoms with E-state index >= 15 is 0 Å². The monoisotopic (exact) mass is 385 g/mol. The number of hydrogen-bond acceptors (Lipinski definition) is 4. The standard InChI is InChI=1S/C20H23N3O3S/c1-16(2)22(14-17-8-5-4-6-9-17)20(24)15-23(27(3,25)26)19-11-7-10-18(12-19)13-21/h4-12,16H,14-15H2,1-3H3. The summed E-state index contributed by atoms with van der Waals surface area (Å²) < 4.78 is 25.6. The molecule has 0 fully saturated rings. The number of benzene rings is 2. The lowest BCUT2D eigenvalue weighted by Crippen LogP contribution is -2.45. The molecular weight excluding hydrogens is 362 g/mol. The van der Waals surface area contributed by atoms with Crippen LogP contribution in [0.2, 0.25) is 0 Å². The summed E-state index contributed by atoms with van der Waals surface area (Å²) in [6, 6.07) is 17.7. The number of amides is 1. The van der Waals surface area contributed by atoms with Crippen molar-refractivity contribution in [2.24, 2.45) is 0 Å². The van der Waals surface area contributed by atoms with Crippen molar-refractivity contribution in [3.05, 3.63) is 65.7 Å². The van der Waals surface area contributed by atoms with Crippen molar-refractivity contribution in [1.29, 1.82) is 5.26 Å². The van der Waals surface area contributed by atoms with E-state index in [-0.39, 0.29) is 18.5 Å². The van der Waals surface area contributed by atoms with Crippen LogP contribution >= 0.6 is 0 Å². The number of carbonyl (C=O) groups excluding carboxylic acids is 1. The third-order valence-corrected chi connectivity index (χ3v) is 5.22. The molecule has 27 heavy (non-hydrogen) atoms. The van der Waals surface area contributed by atoms with E-state index in [4.69, 9.17) is 5.26 Å². The van der Waals surface area contributed by atoms with Crippen molar-refractivity contribution in [1.82, 2.24) is 4.90 Å². The Hall–Kier alpha value is -2.85. The van der Waals surface area contributed by atoms with Gasteiger partial charge in [-0.3, -0.25) is 9.10 Å². The zero-order valence-electron chi connectivity index (χ0n) is 15.7. The molecule has 0 saturated heterocycles. The van der Waals surface area contributed by atoms with Crippen molar-refractivity contribution < 1.29 is 13.2 Å². The Balaban J connectivity index is 2.29. The SMILES string of the molecule is CC(C)N(Cc1ccccc1)C(=O)CN(c1cccc(C#N)c1)S(C)(=O)=O. The maximum Gasteiger partial charge on any atom is 0.243 e. The first-order valence-corrected chi connectivity index (χ1v) is 10.4. The van der Waals surface area contributed by atoms with Gasteiger partial charge in [0.15, 0.2) is 0 Å². The lowest BCUT2D eigenvalue weighted by molar-refractivity contribution is -0.131. The molecule has 7 heteroatoms. The largest absolute Gasteiger partial charge is 0.334 e. The first kappa shape index (κ1) is 20.5. The van der Waals surface area contributed by atoms with Gasteiger partial charge >= 0.3 is 0 Å². The zero-order chi connectivity index (χ0) is 20.0. The molecule has 1 amide bonds. The summed E-state index contributed by atoms with van der Waals surface area (Å²) in [5, 5.41) is 9.06. The second-order valence-electron chi connectivity index (χ2n) is 6.53. The molecule has 0 aliphatic carbocycles. The summed E-state index contributed by atoms with van der Waals surface area (Å²) in [6.45, 7) is 3.86. The predicted octanol–water partition coefficient (Wildman–Crippen LogP) is 2.76. The first-order chi connectivity index (χ1) is 12.7. The molecule has 0 aliphatic heterocycles. The molecule has 0 N–H and O–H groups in total. The van der Waals surface area contributed by atoms with Crippen molar-refractivity contribution in [3.8, 4) is 6.07 Å². The van der Waals surface area contributed by atoms with E-state index in [1.807, 2.05) is 50.2 Å². The quantitative estimate of drug-likeness (QED) is 0.734. The predicted molar refractivity (Wildman–Crippen MR) is 105 cm³/mol. The topological polar surface area (TPSA) is 81.5 Å². The Bertz CT molecular complexity index is 934. The molecule has 2 rings (SSSR count). The molecule has 0 heterocycles. The molecule has 0 saturated carbocycles. The normalized spacial score (nSPS) is 11.1. The summed E-state index contributed by atoms with van der Waals surface area (Å²) in [4.78, 5) is 14.6. The molecule has 0 unspecified atom stereocenters. The van der Waals surface area contributed by atoms with Gasteiger partial charge in [-0.25, -0.2) is 8.42 Å². The maximum absolute atomic E-state index is 12.9. The number of rotatable bonds is 7. The van der Waals surface area contributed by atoms with E-state index in [0.717, 1.165) is 16.1 Å². The highest BCUT2D eigenvalue weighted by Gasteiger charge is 2.25. The van der Waals surface area contributed by atoms with Crippen LogP contribution in [-0.4, -0.2) is 38.1 Å². The number of sulfonamides is 1. The second-order valence-corrected chi connectivity index (χ2v) is 8.44. The number of nitriles is 1. The van der Waals surface area contributed by atoms with Crippen LogP contribution in [0.1, 0.15) is 25.0 Å². The smallest absolute Gasteiger partial charge is 0.243 e. The maximum atomic E-state index is 12.9. The fourth-order valence-corrected chi connectivity index (χ4v) is 3.52. The van der Waals surface area contributed by atoms with Crippen LogP contribution in [0.25, 0.3) is 0 Å². The summed E-state index contributed by atoms with van der Waals surface area (Å²) in [5.41, 5.74) is 1.60. The number of nitrogens with zero attached hydrogens (tertiary/aromatic N) is 3. The molecular formula is C20H23N3O3S. The van der Waals surface area contributed by atoms with Crippen LogP contribution in [0, 0.1) is 11.3 Å². The molecule has 0 aliphatic rings. The number of anilines is 1. The van der Waals surface area contributed by atoms with Gasteiger partial charge in [0.2, 0.25) is 15.9 Å². The highest BCUT2D eigenvalue weighted by Crippen LogP contribution is 2.20. The van der Waals surface area contributed by atoms with E-state index in [1.165, 1.54) is 6.07 Å². The van der Waals surface area contributed by atoms with Gasteiger partial charge in [-0.05, 0) is 37.6 Å². The van der Waals surface area contributed by atoms with E-state index in [0.29, 0.717) is 17.8 Å². The van der Waals surface area contributed by atoms with E-state index < -0.39 is 10.0 Å². The molecule has 0 spiro atoms. The Kier molecular flexibility index (Phi) is 6.59. The van der Waals surface area contributed by atoms with Gasteiger partial charge in [0.1, 0.15) is 6.54 Å². The fourth-order valence-electron chi connectivity index (χ4n) is 2.68. The Morgan fingerprint density at radius 3 is 2.33 bits per heavy atom. The van der Waals surface area contributed by atoms with Gasteiger partial charge in [-0.2, -0.15) is 5.26 Å². The minimum Gasteiger partial charge on any atom is -0.334 e. The molecule has 0 atom stereocenters. The third-order valence-electron chi connectivity index (χ3n) is 4.08. The lowest BCUT2D eigenvalue weighted by Gasteiger charge is -2.30. The average Bonchev–Trinajstić information content (AvgIpc) is 2.63. The minimum atomic E-state index is -3.69. The fraction of sp³-hybridized carbons (Fsp3) is 0.300. The van der Waals surface area contributed by atoms with Crippen LogP contribution in [-0.2, 0) is 21.4 Å². The van der Waals surface area contributed by atoms with Gasteiger partial charge in [-0.15, -0.1) is 0 Å². The van der Waals surface area contributed by atoms with Crippen molar-refractivity contribution in [2.45, 2.75) is 26.4 Å². The van der Waals surface area contributed by atoms with Gasteiger partial charge in [0.25, 0.3) is 0 Å². The summed E-state index contributed by atoms with van der Waals surface area (Å²) in [6.07, 6.45) is 1.05. The highest BCUT2D eigenvalue weighted by molar-refractivity contribution is 7.92. The van der Waals surface area contributed by atoms with Crippen LogP contribution in [0.3, 0.4) is 0 Å². The van der Waals surface area contributed by atoms with Crippen LogP contribution in [0.4, 0.5) is 5.69 Å². The molecule has 2 aromatic carbocycles. The molecule has 0 bridgehead atoms. The van der Waals surface area contributed by atoms with E-state index in [9.17, 15) is 13.2 Å². The number of hydrogen-bond donors (Lipinski definition) is 0. The van der Waals surface area contributed by atoms with Crippen LogP contribution in [0.15, 0.2) is 54.6 Å². The van der Waals surface area contributed by atoms with Crippen molar-refractivity contribution in [2.75, 3.05) is 17.1 Å². The van der Waals surface area contributed by atoms with Gasteiger partial charge in [0, 0.05) is 12.6 Å². The molecule has 6 nitrogen and oxygen atoms in total. The first-order valence-electron chi connectivity index (χ1n) is 8.53. The van der Waals surface area contributed by atoms with Gasteiger partial charge in [0.05, 0.1) is 23.6 Å². The second kappa shape index (κ2) is 8.69. The van der Waals surface area contributed by atoms with Crippen molar-refractivity contribution in [3.63, 3.8) is 0 Å². The lowest BCUT2D eigenvalue weighted by atomic mass is 10.2. The molecule has 142 valence electrons. The summed E-state index contributed by atoms with van der Waals surface area (Å²) >= 11 is 0. The molecule has 0 radical (unpaired) electrons. The average molecular weight is 385 g/mol. The Labute approximate surface area is 160 Å². The van der Waals surface area contributed by atoms with Crippen LogP contribution in [0.5, 0.6) is 0 Å². The van der Waals surface area contributed by atoms with Crippen LogP contribution < -0.4 is 4.31 Å². The van der Waals surface area contributed by atoms with Gasteiger partial charge in [-0.1, -0.05) is 36.4 Å². The van der Waals surface area contributed by atoms with E-state index in [2.05, 4.69) is 0 Å². The minimum absolute atomic E-state index is 0.0930. The summed E-state index contributed by atoms with van der Waals surface area (Å²) in [5.74, 6) is -0.304. The Morgan fingerprint density at radius 2 is 1.78 bits per heavy atom. The molecule has 2 aromatic rings. The zero-order valence-corrected chi connectivity index (χ0v) is 16.5. The third kappa shape index (κ3) is 5.56. The Morgan fingerprint density at radius 1 is 1.11 bits per heavy atom.